The summed E-state index contributed by atoms with van der Waals surface area (Å²) in [5.41, 5.74) is -1.48. The summed E-state index contributed by atoms with van der Waals surface area (Å²) in [4.78, 5) is 13.2. The van der Waals surface area contributed by atoms with E-state index in [1.165, 1.54) is 48.5 Å². The number of anilines is 1. The maximum Gasteiger partial charge on any atom is 0.416 e. The van der Waals surface area contributed by atoms with Gasteiger partial charge in [0.1, 0.15) is 6.04 Å². The van der Waals surface area contributed by atoms with Gasteiger partial charge in [0.2, 0.25) is 26.0 Å². The minimum atomic E-state index is -4.72. The number of benzene rings is 3. The summed E-state index contributed by atoms with van der Waals surface area (Å²) in [6.45, 7) is -1.21. The minimum absolute atomic E-state index is 0.0561. The topological polar surface area (TPSA) is 104 Å². The Morgan fingerprint density at radius 1 is 0.842 bits per heavy atom. The van der Waals surface area contributed by atoms with Crippen LogP contribution in [-0.4, -0.2) is 57.0 Å². The highest BCUT2D eigenvalue weighted by Gasteiger charge is 2.43. The van der Waals surface area contributed by atoms with Crippen LogP contribution in [0.2, 0.25) is 5.02 Å². The maximum absolute atomic E-state index is 13.4. The first-order valence-electron chi connectivity index (χ1n) is 11.1. The van der Waals surface area contributed by atoms with Gasteiger partial charge in [0, 0.05) is 19.6 Å². The van der Waals surface area contributed by atoms with Crippen LogP contribution in [0.25, 0.3) is 0 Å². The van der Waals surface area contributed by atoms with Crippen molar-refractivity contribution in [1.82, 2.24) is 8.61 Å². The normalized spacial score (nSPS) is 17.7. The Morgan fingerprint density at radius 2 is 1.39 bits per heavy atom. The van der Waals surface area contributed by atoms with Crippen LogP contribution in [0, 0.1) is 0 Å². The average Bonchev–Trinajstić information content (AvgIpc) is 2.90. The third-order valence-electron chi connectivity index (χ3n) is 5.88. The number of rotatable bonds is 6. The molecule has 1 heterocycles. The van der Waals surface area contributed by atoms with Crippen molar-refractivity contribution in [2.45, 2.75) is 22.0 Å². The number of halogens is 4. The van der Waals surface area contributed by atoms with E-state index in [4.69, 9.17) is 11.6 Å². The van der Waals surface area contributed by atoms with Crippen molar-refractivity contribution in [2.24, 2.45) is 0 Å². The lowest BCUT2D eigenvalue weighted by atomic mass is 10.1. The molecule has 1 fully saturated rings. The van der Waals surface area contributed by atoms with Crippen molar-refractivity contribution in [3.63, 3.8) is 0 Å². The van der Waals surface area contributed by atoms with Gasteiger partial charge in [-0.2, -0.15) is 21.8 Å². The molecule has 0 spiro atoms. The van der Waals surface area contributed by atoms with Crippen LogP contribution in [0.3, 0.4) is 0 Å². The zero-order valence-corrected chi connectivity index (χ0v) is 21.9. The van der Waals surface area contributed by atoms with E-state index in [2.05, 4.69) is 5.32 Å². The molecule has 3 aromatic rings. The zero-order valence-electron chi connectivity index (χ0n) is 19.5. The Bertz CT molecular complexity index is 1540. The van der Waals surface area contributed by atoms with Crippen LogP contribution >= 0.6 is 11.6 Å². The molecule has 202 valence electrons. The molecule has 0 aliphatic carbocycles. The molecule has 1 N–H and O–H groups in total. The number of nitrogens with one attached hydrogen (secondary N) is 1. The Morgan fingerprint density at radius 3 is 1.95 bits per heavy atom. The second kappa shape index (κ2) is 10.7. The largest absolute Gasteiger partial charge is 0.416 e. The first-order valence-corrected chi connectivity index (χ1v) is 14.4. The molecule has 0 unspecified atom stereocenters. The van der Waals surface area contributed by atoms with Crippen molar-refractivity contribution < 1.29 is 34.8 Å². The van der Waals surface area contributed by atoms with E-state index >= 15 is 0 Å². The second-order valence-electron chi connectivity index (χ2n) is 8.30. The molecule has 1 aliphatic heterocycles. The van der Waals surface area contributed by atoms with E-state index < -0.39 is 56.0 Å². The number of hydrogen-bond acceptors (Lipinski definition) is 5. The van der Waals surface area contributed by atoms with Crippen molar-refractivity contribution in [1.29, 1.82) is 0 Å². The lowest BCUT2D eigenvalue weighted by Crippen LogP contribution is -2.60. The summed E-state index contributed by atoms with van der Waals surface area (Å²) in [7, 11) is -8.40. The first kappa shape index (κ1) is 28.0. The SMILES string of the molecule is O=C(Nc1cc(C(F)(F)F)ccc1Cl)[C@H]1CN(S(=O)(=O)c2ccccc2)CCN1S(=O)(=O)c1ccccc1. The van der Waals surface area contributed by atoms with Gasteiger partial charge in [0.25, 0.3) is 0 Å². The Labute approximate surface area is 222 Å². The number of piperazine rings is 1. The van der Waals surface area contributed by atoms with Crippen LogP contribution < -0.4 is 5.32 Å². The van der Waals surface area contributed by atoms with Crippen LogP contribution in [0.1, 0.15) is 5.56 Å². The van der Waals surface area contributed by atoms with Gasteiger partial charge in [0.15, 0.2) is 0 Å². The zero-order chi connectivity index (χ0) is 27.7. The van der Waals surface area contributed by atoms with E-state index in [1.807, 2.05) is 0 Å². The molecule has 1 amide bonds. The lowest BCUT2D eigenvalue weighted by Gasteiger charge is -2.39. The number of carbonyl (C=O) groups is 1. The third-order valence-corrected chi connectivity index (χ3v) is 10.0. The monoisotopic (exact) mass is 587 g/mol. The summed E-state index contributed by atoms with van der Waals surface area (Å²) < 4.78 is 94.8. The highest BCUT2D eigenvalue weighted by Crippen LogP contribution is 2.34. The van der Waals surface area contributed by atoms with E-state index in [0.717, 1.165) is 20.7 Å². The van der Waals surface area contributed by atoms with Gasteiger partial charge in [-0.05, 0) is 42.5 Å². The Balaban J connectivity index is 1.72. The van der Waals surface area contributed by atoms with Crippen molar-refractivity contribution >= 4 is 43.2 Å². The highest BCUT2D eigenvalue weighted by atomic mass is 35.5. The van der Waals surface area contributed by atoms with Gasteiger partial charge in [-0.25, -0.2) is 16.8 Å². The molecule has 38 heavy (non-hydrogen) atoms. The van der Waals surface area contributed by atoms with Crippen molar-refractivity contribution in [2.75, 3.05) is 25.0 Å². The number of alkyl halides is 3. The maximum atomic E-state index is 13.4. The van der Waals surface area contributed by atoms with E-state index in [9.17, 15) is 34.8 Å². The quantitative estimate of drug-likeness (QED) is 0.468. The van der Waals surface area contributed by atoms with E-state index in [0.29, 0.717) is 6.07 Å². The van der Waals surface area contributed by atoms with Crippen LogP contribution in [0.15, 0.2) is 88.7 Å². The fourth-order valence-corrected chi connectivity index (χ4v) is 7.16. The van der Waals surface area contributed by atoms with Crippen molar-refractivity contribution in [3.8, 4) is 0 Å². The molecule has 1 saturated heterocycles. The Kier molecular flexibility index (Phi) is 7.86. The van der Waals surface area contributed by atoms with Gasteiger partial charge in [0.05, 0.1) is 26.1 Å². The van der Waals surface area contributed by atoms with E-state index in [1.54, 1.807) is 12.1 Å². The third kappa shape index (κ3) is 5.71. The molecule has 3 aromatic carbocycles. The van der Waals surface area contributed by atoms with Gasteiger partial charge >= 0.3 is 6.18 Å². The summed E-state index contributed by atoms with van der Waals surface area (Å²) >= 11 is 6.01. The molecular formula is C24H21ClF3N3O5S2. The molecule has 0 saturated carbocycles. The molecule has 1 atom stereocenters. The van der Waals surface area contributed by atoms with Crippen LogP contribution in [-0.2, 0) is 31.0 Å². The number of amides is 1. The molecule has 0 bridgehead atoms. The fourth-order valence-electron chi connectivity index (χ4n) is 3.94. The average molecular weight is 588 g/mol. The molecular weight excluding hydrogens is 567 g/mol. The van der Waals surface area contributed by atoms with Gasteiger partial charge < -0.3 is 5.32 Å². The minimum Gasteiger partial charge on any atom is -0.323 e. The Hall–Kier alpha value is -2.97. The number of carbonyl (C=O) groups excluding carboxylic acids is 1. The molecule has 0 aromatic heterocycles. The molecule has 8 nitrogen and oxygen atoms in total. The fraction of sp³-hybridized carbons (Fsp3) is 0.208. The molecule has 1 aliphatic rings. The van der Waals surface area contributed by atoms with Crippen LogP contribution in [0.4, 0.5) is 18.9 Å². The lowest BCUT2D eigenvalue weighted by molar-refractivity contribution is -0.137. The summed E-state index contributed by atoms with van der Waals surface area (Å²) in [5.74, 6) is -1.04. The van der Waals surface area contributed by atoms with Gasteiger partial charge in [-0.15, -0.1) is 0 Å². The number of sulfonamides is 2. The summed E-state index contributed by atoms with van der Waals surface area (Å²) in [6, 6.07) is 15.3. The number of hydrogen-bond donors (Lipinski definition) is 1. The molecule has 0 radical (unpaired) electrons. The molecule has 14 heteroatoms. The van der Waals surface area contributed by atoms with Gasteiger partial charge in [-0.1, -0.05) is 48.0 Å². The van der Waals surface area contributed by atoms with Crippen molar-refractivity contribution in [3.05, 3.63) is 89.4 Å². The first-order chi connectivity index (χ1) is 17.8. The highest BCUT2D eigenvalue weighted by molar-refractivity contribution is 7.89. The van der Waals surface area contributed by atoms with E-state index in [-0.39, 0.29) is 27.9 Å². The summed E-state index contributed by atoms with van der Waals surface area (Å²) in [6.07, 6.45) is -4.72. The smallest absolute Gasteiger partial charge is 0.323 e. The number of nitrogens with zero attached hydrogens (tertiary/aromatic N) is 2. The molecule has 4 rings (SSSR count). The standard InChI is InChI=1S/C24H21ClF3N3O5S2/c25-20-12-11-17(24(26,27)28)15-21(20)29-23(32)22-16-30(37(33,34)18-7-3-1-4-8-18)13-14-31(22)38(35,36)19-9-5-2-6-10-19/h1-12,15,22H,13-14,16H2,(H,29,32)/t22-/m1/s1. The second-order valence-corrected chi connectivity index (χ2v) is 12.5. The predicted octanol–water partition coefficient (Wildman–Crippen LogP) is 4.06. The van der Waals surface area contributed by atoms with Gasteiger partial charge in [-0.3, -0.25) is 4.79 Å². The summed E-state index contributed by atoms with van der Waals surface area (Å²) in [5, 5.41) is 2.04. The van der Waals surface area contributed by atoms with Crippen LogP contribution in [0.5, 0.6) is 0 Å². The predicted molar refractivity (Wildman–Crippen MR) is 134 cm³/mol.